The van der Waals surface area contributed by atoms with Gasteiger partial charge in [-0.15, -0.1) is 11.6 Å². The van der Waals surface area contributed by atoms with Gasteiger partial charge >= 0.3 is 0 Å². The van der Waals surface area contributed by atoms with Crippen molar-refractivity contribution in [2.45, 2.75) is 12.3 Å². The Hall–Kier alpha value is -1.81. The van der Waals surface area contributed by atoms with Gasteiger partial charge in [-0.2, -0.15) is 0 Å². The van der Waals surface area contributed by atoms with E-state index in [9.17, 15) is 4.79 Å². The van der Waals surface area contributed by atoms with Crippen LogP contribution in [0.1, 0.15) is 16.6 Å². The largest absolute Gasteiger partial charge is 0.338 e. The van der Waals surface area contributed by atoms with Crippen LogP contribution in [-0.4, -0.2) is 11.1 Å². The molecule has 88 valence electrons. The standard InChI is InChI=1S/C12H11ClN2O2/c1-8-7-10(17-15-8)14-12(16)11(13)9-5-3-2-4-6-9/h2-7,11H,1H3,(H,14,16). The van der Waals surface area contributed by atoms with E-state index in [2.05, 4.69) is 10.5 Å². The Labute approximate surface area is 104 Å². The van der Waals surface area contributed by atoms with E-state index >= 15 is 0 Å². The number of carbonyl (C=O) groups is 1. The molecule has 1 N–H and O–H groups in total. The van der Waals surface area contributed by atoms with Crippen molar-refractivity contribution in [3.05, 3.63) is 47.7 Å². The van der Waals surface area contributed by atoms with E-state index in [4.69, 9.17) is 16.1 Å². The number of aryl methyl sites for hydroxylation is 1. The highest BCUT2D eigenvalue weighted by Crippen LogP contribution is 2.22. The highest BCUT2D eigenvalue weighted by atomic mass is 35.5. The van der Waals surface area contributed by atoms with E-state index < -0.39 is 5.38 Å². The summed E-state index contributed by atoms with van der Waals surface area (Å²) in [7, 11) is 0. The lowest BCUT2D eigenvalue weighted by atomic mass is 10.1. The van der Waals surface area contributed by atoms with Crippen LogP contribution < -0.4 is 5.32 Å². The van der Waals surface area contributed by atoms with Gasteiger partial charge in [0.25, 0.3) is 0 Å². The van der Waals surface area contributed by atoms with Gasteiger partial charge in [0.1, 0.15) is 5.38 Å². The first kappa shape index (κ1) is 11.7. The molecule has 0 saturated carbocycles. The third-order valence-corrected chi connectivity index (χ3v) is 2.65. The maximum atomic E-state index is 11.8. The van der Waals surface area contributed by atoms with Crippen molar-refractivity contribution in [1.82, 2.24) is 5.16 Å². The van der Waals surface area contributed by atoms with Crippen molar-refractivity contribution >= 4 is 23.4 Å². The van der Waals surface area contributed by atoms with Crippen LogP contribution in [0.4, 0.5) is 5.88 Å². The fourth-order valence-electron chi connectivity index (χ4n) is 1.38. The number of hydrogen-bond donors (Lipinski definition) is 1. The summed E-state index contributed by atoms with van der Waals surface area (Å²) in [6, 6.07) is 10.7. The van der Waals surface area contributed by atoms with E-state index in [0.717, 1.165) is 5.56 Å². The lowest BCUT2D eigenvalue weighted by Crippen LogP contribution is -2.16. The van der Waals surface area contributed by atoms with Crippen LogP contribution in [0.15, 0.2) is 40.9 Å². The molecule has 0 radical (unpaired) electrons. The van der Waals surface area contributed by atoms with Crippen molar-refractivity contribution in [1.29, 1.82) is 0 Å². The quantitative estimate of drug-likeness (QED) is 0.853. The van der Waals surface area contributed by atoms with Gasteiger partial charge in [-0.05, 0) is 12.5 Å². The molecule has 0 aliphatic rings. The molecule has 1 atom stereocenters. The van der Waals surface area contributed by atoms with E-state index in [-0.39, 0.29) is 5.91 Å². The number of halogens is 1. The molecule has 0 spiro atoms. The minimum absolute atomic E-state index is 0.300. The van der Waals surface area contributed by atoms with Crippen molar-refractivity contribution in [2.24, 2.45) is 0 Å². The van der Waals surface area contributed by atoms with Crippen molar-refractivity contribution in [3.63, 3.8) is 0 Å². The summed E-state index contributed by atoms with van der Waals surface area (Å²) in [4.78, 5) is 11.8. The first-order chi connectivity index (χ1) is 8.16. The van der Waals surface area contributed by atoms with Crippen LogP contribution in [0, 0.1) is 6.92 Å². The minimum Gasteiger partial charge on any atom is -0.338 e. The molecule has 1 unspecified atom stereocenters. The Kier molecular flexibility index (Phi) is 3.44. The van der Waals surface area contributed by atoms with Crippen LogP contribution in [0.25, 0.3) is 0 Å². The Morgan fingerprint density at radius 1 is 1.41 bits per heavy atom. The molecule has 0 saturated heterocycles. The average molecular weight is 251 g/mol. The smallest absolute Gasteiger partial charge is 0.249 e. The first-order valence-corrected chi connectivity index (χ1v) is 5.53. The van der Waals surface area contributed by atoms with Gasteiger partial charge in [0.05, 0.1) is 5.69 Å². The maximum absolute atomic E-state index is 11.8. The SMILES string of the molecule is Cc1cc(NC(=O)C(Cl)c2ccccc2)on1. The Bertz CT molecular complexity index is 510. The highest BCUT2D eigenvalue weighted by Gasteiger charge is 2.18. The van der Waals surface area contributed by atoms with Gasteiger partial charge < -0.3 is 4.52 Å². The molecule has 2 rings (SSSR count). The van der Waals surface area contributed by atoms with Gasteiger partial charge in [0.15, 0.2) is 0 Å². The second-order valence-electron chi connectivity index (χ2n) is 3.60. The molecule has 0 aliphatic carbocycles. The third-order valence-electron chi connectivity index (χ3n) is 2.20. The van der Waals surface area contributed by atoms with E-state index in [0.29, 0.717) is 11.6 Å². The van der Waals surface area contributed by atoms with E-state index in [1.807, 2.05) is 18.2 Å². The van der Waals surface area contributed by atoms with Crippen LogP contribution in [0.5, 0.6) is 0 Å². The first-order valence-electron chi connectivity index (χ1n) is 5.10. The van der Waals surface area contributed by atoms with Gasteiger partial charge in [0, 0.05) is 6.07 Å². The molecular weight excluding hydrogens is 240 g/mol. The van der Waals surface area contributed by atoms with Crippen LogP contribution in [0.3, 0.4) is 0 Å². The zero-order chi connectivity index (χ0) is 12.3. The van der Waals surface area contributed by atoms with Crippen molar-refractivity contribution in [3.8, 4) is 0 Å². The van der Waals surface area contributed by atoms with Crippen molar-refractivity contribution in [2.75, 3.05) is 5.32 Å². The van der Waals surface area contributed by atoms with Gasteiger partial charge in [-0.1, -0.05) is 35.5 Å². The zero-order valence-corrected chi connectivity index (χ0v) is 9.94. The highest BCUT2D eigenvalue weighted by molar-refractivity contribution is 6.32. The molecule has 5 heteroatoms. The number of nitrogens with one attached hydrogen (secondary N) is 1. The number of nitrogens with zero attached hydrogens (tertiary/aromatic N) is 1. The molecule has 1 aromatic heterocycles. The third kappa shape index (κ3) is 2.85. The Morgan fingerprint density at radius 3 is 2.71 bits per heavy atom. The van der Waals surface area contributed by atoms with E-state index in [1.165, 1.54) is 0 Å². The Balaban J connectivity index is 2.06. The molecule has 0 bridgehead atoms. The maximum Gasteiger partial charge on any atom is 0.249 e. The lowest BCUT2D eigenvalue weighted by Gasteiger charge is -2.08. The van der Waals surface area contributed by atoms with Crippen LogP contribution in [-0.2, 0) is 4.79 Å². The molecule has 1 heterocycles. The van der Waals surface area contributed by atoms with Gasteiger partial charge in [-0.3, -0.25) is 10.1 Å². The zero-order valence-electron chi connectivity index (χ0n) is 9.18. The minimum atomic E-state index is -0.749. The lowest BCUT2D eigenvalue weighted by molar-refractivity contribution is -0.116. The molecule has 2 aromatic rings. The monoisotopic (exact) mass is 250 g/mol. The molecule has 1 aromatic carbocycles. The summed E-state index contributed by atoms with van der Waals surface area (Å²) in [5.41, 5.74) is 1.44. The summed E-state index contributed by atoms with van der Waals surface area (Å²) >= 11 is 6.04. The number of carbonyl (C=O) groups excluding carboxylic acids is 1. The summed E-state index contributed by atoms with van der Waals surface area (Å²) in [6.45, 7) is 1.77. The molecule has 17 heavy (non-hydrogen) atoms. The predicted octanol–water partition coefficient (Wildman–Crippen LogP) is 2.90. The topological polar surface area (TPSA) is 55.1 Å². The second kappa shape index (κ2) is 5.01. The normalized spacial score (nSPS) is 12.1. The fourth-order valence-corrected chi connectivity index (χ4v) is 1.58. The number of hydrogen-bond acceptors (Lipinski definition) is 3. The number of benzene rings is 1. The number of alkyl halides is 1. The van der Waals surface area contributed by atoms with Gasteiger partial charge in [0.2, 0.25) is 11.8 Å². The summed E-state index contributed by atoms with van der Waals surface area (Å²) in [5.74, 6) is -0.0388. The average Bonchev–Trinajstić information content (AvgIpc) is 2.75. The Morgan fingerprint density at radius 2 is 2.12 bits per heavy atom. The van der Waals surface area contributed by atoms with Gasteiger partial charge in [-0.25, -0.2) is 0 Å². The molecule has 4 nitrogen and oxygen atoms in total. The van der Waals surface area contributed by atoms with Crippen LogP contribution >= 0.6 is 11.6 Å². The number of amides is 1. The van der Waals surface area contributed by atoms with Crippen LogP contribution in [0.2, 0.25) is 0 Å². The van der Waals surface area contributed by atoms with Crippen molar-refractivity contribution < 1.29 is 9.32 Å². The number of anilines is 1. The molecular formula is C12H11ClN2O2. The predicted molar refractivity (Wildman–Crippen MR) is 64.9 cm³/mol. The summed E-state index contributed by atoms with van der Waals surface area (Å²) in [5, 5.41) is 5.48. The summed E-state index contributed by atoms with van der Waals surface area (Å²) in [6.07, 6.45) is 0. The second-order valence-corrected chi connectivity index (χ2v) is 4.03. The fraction of sp³-hybridized carbons (Fsp3) is 0.167. The molecule has 0 fully saturated rings. The van der Waals surface area contributed by atoms with E-state index in [1.54, 1.807) is 25.1 Å². The summed E-state index contributed by atoms with van der Waals surface area (Å²) < 4.78 is 4.88. The number of rotatable bonds is 3. The molecule has 1 amide bonds. The number of aromatic nitrogens is 1. The molecule has 0 aliphatic heterocycles.